The Balaban J connectivity index is 1.23. The number of benzene rings is 8. The van der Waals surface area contributed by atoms with Gasteiger partial charge in [0.1, 0.15) is 0 Å². The van der Waals surface area contributed by atoms with Gasteiger partial charge in [-0.3, -0.25) is 0 Å². The zero-order chi connectivity index (χ0) is 43.3. The maximum Gasteiger partial charge on any atom is 0.188 e. The highest BCUT2D eigenvalue weighted by Gasteiger charge is 2.22. The number of aromatic nitrogens is 4. The van der Waals surface area contributed by atoms with E-state index < -0.39 is 0 Å². The van der Waals surface area contributed by atoms with Crippen molar-refractivity contribution in [3.8, 4) is 68.5 Å². The van der Waals surface area contributed by atoms with E-state index in [1.54, 1.807) is 0 Å². The van der Waals surface area contributed by atoms with Crippen LogP contribution in [0.1, 0.15) is 11.1 Å². The van der Waals surface area contributed by atoms with Crippen LogP contribution in [0, 0.1) is 35.8 Å². The Bertz CT molecular complexity index is 3690. The molecule has 0 saturated carbocycles. The number of nitrogens with zero attached hydrogens (tertiary/aromatic N) is 8. The van der Waals surface area contributed by atoms with Crippen LogP contribution in [0.5, 0.6) is 0 Å². The maximum atomic E-state index is 9.92. The molecule has 8 aromatic carbocycles. The van der Waals surface area contributed by atoms with E-state index in [2.05, 4.69) is 73.4 Å². The molecule has 0 radical (unpaired) electrons. The second kappa shape index (κ2) is 15.1. The molecule has 0 fully saturated rings. The molecule has 11 aromatic rings. The predicted octanol–water partition coefficient (Wildman–Crippen LogP) is 14.2. The van der Waals surface area contributed by atoms with Crippen molar-refractivity contribution in [3.05, 3.63) is 216 Å². The van der Waals surface area contributed by atoms with Gasteiger partial charge in [-0.1, -0.05) is 103 Å². The number of fused-ring (bicyclic) bond motifs is 6. The number of hydrogen-bond acceptors (Lipinski definition) is 4. The lowest BCUT2D eigenvalue weighted by atomic mass is 9.97. The van der Waals surface area contributed by atoms with Gasteiger partial charge < -0.3 is 9.13 Å². The zero-order valence-electron chi connectivity index (χ0n) is 33.9. The summed E-state index contributed by atoms with van der Waals surface area (Å²) in [5.41, 5.74) is 13.5. The summed E-state index contributed by atoms with van der Waals surface area (Å²) in [6.07, 6.45) is 0. The van der Waals surface area contributed by atoms with Crippen LogP contribution in [0.15, 0.2) is 182 Å². The summed E-state index contributed by atoms with van der Waals surface area (Å²) in [6, 6.07) is 64.2. The second-order valence-corrected chi connectivity index (χ2v) is 15.4. The summed E-state index contributed by atoms with van der Waals surface area (Å²) in [5.74, 6) is 0.605. The van der Waals surface area contributed by atoms with Crippen molar-refractivity contribution < 1.29 is 0 Å². The molecule has 0 saturated heterocycles. The topological polar surface area (TPSA) is 91.9 Å². The summed E-state index contributed by atoms with van der Waals surface area (Å²) in [4.78, 5) is 17.8. The Kier molecular flexibility index (Phi) is 8.85. The maximum absolute atomic E-state index is 9.92. The standard InChI is InChI=1S/C56H30N8/c1-59-40-20-25-53-46(30-40)47-31-41(60-2)21-26-54(47)64(53)55-29-39(49-32-48(37-11-5-3-6-12-37)61-56(62-49)38-13-7-4-8-14-38)19-22-43(55)42-15-9-10-16-50(42)63-51-23-17-35(33-57)27-44(51)45-28-36(34-58)18-24-52(45)63/h3-32H. The fourth-order valence-electron chi connectivity index (χ4n) is 8.89. The molecule has 3 heterocycles. The largest absolute Gasteiger partial charge is 0.309 e. The molecule has 0 bridgehead atoms. The van der Waals surface area contributed by atoms with Crippen molar-refractivity contribution in [3.63, 3.8) is 0 Å². The number of nitriles is 2. The number of rotatable bonds is 6. The molecule has 0 atom stereocenters. The second-order valence-electron chi connectivity index (χ2n) is 15.4. The predicted molar refractivity (Wildman–Crippen MR) is 254 cm³/mol. The molecule has 294 valence electrons. The molecule has 8 nitrogen and oxygen atoms in total. The average Bonchev–Trinajstić information content (AvgIpc) is 3.87. The smallest absolute Gasteiger partial charge is 0.188 e. The summed E-state index contributed by atoms with van der Waals surface area (Å²) in [6.45, 7) is 15.8. The van der Waals surface area contributed by atoms with Crippen molar-refractivity contribution in [2.24, 2.45) is 0 Å². The normalized spacial score (nSPS) is 11.1. The van der Waals surface area contributed by atoms with Gasteiger partial charge in [0.15, 0.2) is 17.2 Å². The Morgan fingerprint density at radius 1 is 0.406 bits per heavy atom. The summed E-state index contributed by atoms with van der Waals surface area (Å²) < 4.78 is 4.43. The molecule has 8 heteroatoms. The van der Waals surface area contributed by atoms with E-state index in [0.717, 1.165) is 94.2 Å². The summed E-state index contributed by atoms with van der Waals surface area (Å²) in [5, 5.41) is 23.3. The fraction of sp³-hybridized carbons (Fsp3) is 0. The van der Waals surface area contributed by atoms with Gasteiger partial charge in [0, 0.05) is 38.6 Å². The summed E-state index contributed by atoms with van der Waals surface area (Å²) in [7, 11) is 0. The van der Waals surface area contributed by atoms with E-state index >= 15 is 0 Å². The molecule has 0 unspecified atom stereocenters. The van der Waals surface area contributed by atoms with E-state index in [4.69, 9.17) is 23.1 Å². The van der Waals surface area contributed by atoms with Gasteiger partial charge in [-0.2, -0.15) is 10.5 Å². The van der Waals surface area contributed by atoms with Crippen molar-refractivity contribution in [2.75, 3.05) is 0 Å². The van der Waals surface area contributed by atoms with E-state index in [1.165, 1.54) is 0 Å². The van der Waals surface area contributed by atoms with Crippen LogP contribution in [0.25, 0.3) is 110 Å². The Morgan fingerprint density at radius 3 is 1.44 bits per heavy atom. The molecule has 11 rings (SSSR count). The SMILES string of the molecule is [C-]#[N+]c1ccc2c(c1)c1cc([N+]#[C-])ccc1n2-c1cc(-c2cc(-c3ccccc3)nc(-c3ccccc3)n2)ccc1-c1ccccc1-n1c2ccc(C#N)cc2c2cc(C#N)ccc21. The molecule has 0 amide bonds. The van der Waals surface area contributed by atoms with Crippen molar-refractivity contribution >= 4 is 55.0 Å². The van der Waals surface area contributed by atoms with Crippen molar-refractivity contribution in [1.82, 2.24) is 19.1 Å². The molecule has 3 aromatic heterocycles. The number of para-hydroxylation sites is 1. The highest BCUT2D eigenvalue weighted by atomic mass is 15.0. The van der Waals surface area contributed by atoms with E-state index in [-0.39, 0.29) is 0 Å². The van der Waals surface area contributed by atoms with Crippen LogP contribution in [0.2, 0.25) is 0 Å². The molecule has 0 N–H and O–H groups in total. The molecular weight excluding hydrogens is 785 g/mol. The van der Waals surface area contributed by atoms with Crippen LogP contribution in [-0.2, 0) is 0 Å². The van der Waals surface area contributed by atoms with Crippen molar-refractivity contribution in [2.45, 2.75) is 0 Å². The van der Waals surface area contributed by atoms with Crippen LogP contribution < -0.4 is 0 Å². The van der Waals surface area contributed by atoms with Crippen LogP contribution >= 0.6 is 0 Å². The first-order valence-electron chi connectivity index (χ1n) is 20.5. The van der Waals surface area contributed by atoms with Gasteiger partial charge in [-0.15, -0.1) is 0 Å². The van der Waals surface area contributed by atoms with Gasteiger partial charge in [0.25, 0.3) is 0 Å². The quantitative estimate of drug-likeness (QED) is 0.156. The van der Waals surface area contributed by atoms with Crippen molar-refractivity contribution in [1.29, 1.82) is 10.5 Å². The molecule has 0 spiro atoms. The lowest BCUT2D eigenvalue weighted by Gasteiger charge is -2.20. The minimum absolute atomic E-state index is 0.507. The Labute approximate surface area is 367 Å². The van der Waals surface area contributed by atoms with Crippen LogP contribution in [0.3, 0.4) is 0 Å². The summed E-state index contributed by atoms with van der Waals surface area (Å²) >= 11 is 0. The van der Waals surface area contributed by atoms with Gasteiger partial charge in [-0.25, -0.2) is 19.7 Å². The first kappa shape index (κ1) is 37.4. The van der Waals surface area contributed by atoms with E-state index in [1.807, 2.05) is 140 Å². The fourth-order valence-corrected chi connectivity index (χ4v) is 8.89. The third kappa shape index (κ3) is 6.12. The van der Waals surface area contributed by atoms with E-state index in [9.17, 15) is 10.5 Å². The minimum atomic E-state index is 0.507. The highest BCUT2D eigenvalue weighted by molar-refractivity contribution is 6.13. The third-order valence-electron chi connectivity index (χ3n) is 11.8. The monoisotopic (exact) mass is 814 g/mol. The molecule has 64 heavy (non-hydrogen) atoms. The minimum Gasteiger partial charge on any atom is -0.309 e. The van der Waals surface area contributed by atoms with E-state index in [0.29, 0.717) is 28.3 Å². The first-order valence-corrected chi connectivity index (χ1v) is 20.5. The molecule has 0 aliphatic carbocycles. The van der Waals surface area contributed by atoms with Gasteiger partial charge >= 0.3 is 0 Å². The first-order chi connectivity index (χ1) is 31.5. The third-order valence-corrected chi connectivity index (χ3v) is 11.8. The van der Waals surface area contributed by atoms with Crippen LogP contribution in [-0.4, -0.2) is 19.1 Å². The highest BCUT2D eigenvalue weighted by Crippen LogP contribution is 2.44. The van der Waals surface area contributed by atoms with Crippen LogP contribution in [0.4, 0.5) is 11.4 Å². The van der Waals surface area contributed by atoms with Gasteiger partial charge in [0.05, 0.1) is 81.2 Å². The lowest BCUT2D eigenvalue weighted by Crippen LogP contribution is -2.02. The molecule has 0 aliphatic rings. The molecular formula is C56H30N8. The Hall–Kier alpha value is -9.60. The number of hydrogen-bond donors (Lipinski definition) is 0. The lowest BCUT2D eigenvalue weighted by molar-refractivity contribution is 1.15. The van der Waals surface area contributed by atoms with Gasteiger partial charge in [-0.05, 0) is 89.6 Å². The molecule has 0 aliphatic heterocycles. The van der Waals surface area contributed by atoms with Gasteiger partial charge in [0.2, 0.25) is 0 Å². The average molecular weight is 815 g/mol. The zero-order valence-corrected chi connectivity index (χ0v) is 33.9. The Morgan fingerprint density at radius 2 is 0.875 bits per heavy atom.